The number of Topliss-reactive ketones (excluding diaryl/α,β-unsaturated/α-hetero) is 1. The summed E-state index contributed by atoms with van der Waals surface area (Å²) in [5.41, 5.74) is 0.322. The van der Waals surface area contributed by atoms with Crippen LogP contribution in [0.15, 0.2) is 24.3 Å². The predicted molar refractivity (Wildman–Crippen MR) is 63.5 cm³/mol. The lowest BCUT2D eigenvalue weighted by atomic mass is 9.84. The molecular weight excluding hydrogens is 210 g/mol. The van der Waals surface area contributed by atoms with E-state index in [1.165, 1.54) is 0 Å². The number of ketones is 1. The number of carbonyl (C=O) groups is 1. The van der Waals surface area contributed by atoms with Crippen LogP contribution in [-0.2, 0) is 0 Å². The van der Waals surface area contributed by atoms with Crippen LogP contribution in [0.2, 0.25) is 5.02 Å². The Morgan fingerprint density at radius 3 is 2.33 bits per heavy atom. The van der Waals surface area contributed by atoms with Crippen molar-refractivity contribution in [2.75, 3.05) is 13.6 Å². The summed E-state index contributed by atoms with van der Waals surface area (Å²) >= 11 is 5.77. The summed E-state index contributed by atoms with van der Waals surface area (Å²) < 4.78 is 0. The maximum absolute atomic E-state index is 12.1. The molecule has 3 heteroatoms. The lowest BCUT2D eigenvalue weighted by Gasteiger charge is -2.22. The molecule has 0 spiro atoms. The average Bonchev–Trinajstić information content (AvgIpc) is 2.18. The van der Waals surface area contributed by atoms with Gasteiger partial charge in [0.15, 0.2) is 5.78 Å². The standard InChI is InChI=1S/C12H16ClNO/c1-12(2,8-14-3)11(15)9-4-6-10(13)7-5-9/h4-7,14H,8H2,1-3H3. The van der Waals surface area contributed by atoms with Crippen LogP contribution in [0, 0.1) is 5.41 Å². The SMILES string of the molecule is CNCC(C)(C)C(=O)c1ccc(Cl)cc1. The maximum Gasteiger partial charge on any atom is 0.169 e. The Bertz CT molecular complexity index is 343. The molecule has 15 heavy (non-hydrogen) atoms. The Labute approximate surface area is 95.6 Å². The van der Waals surface area contributed by atoms with Gasteiger partial charge >= 0.3 is 0 Å². The molecule has 0 saturated heterocycles. The Hall–Kier alpha value is -0.860. The zero-order chi connectivity index (χ0) is 11.5. The largest absolute Gasteiger partial charge is 0.319 e. The summed E-state index contributed by atoms with van der Waals surface area (Å²) in [4.78, 5) is 12.1. The first-order valence-electron chi connectivity index (χ1n) is 4.92. The van der Waals surface area contributed by atoms with E-state index in [0.717, 1.165) is 0 Å². The number of hydrogen-bond acceptors (Lipinski definition) is 2. The molecule has 1 N–H and O–H groups in total. The first-order valence-corrected chi connectivity index (χ1v) is 5.30. The minimum absolute atomic E-state index is 0.133. The number of rotatable bonds is 4. The van der Waals surface area contributed by atoms with Crippen molar-refractivity contribution in [3.63, 3.8) is 0 Å². The quantitative estimate of drug-likeness (QED) is 0.799. The molecule has 0 aliphatic carbocycles. The van der Waals surface area contributed by atoms with E-state index in [1.54, 1.807) is 24.3 Å². The van der Waals surface area contributed by atoms with Gasteiger partial charge in [0.25, 0.3) is 0 Å². The molecule has 0 bridgehead atoms. The zero-order valence-corrected chi connectivity index (χ0v) is 10.1. The average molecular weight is 226 g/mol. The van der Waals surface area contributed by atoms with Crippen LogP contribution >= 0.6 is 11.6 Å². The van der Waals surface area contributed by atoms with Gasteiger partial charge in [-0.2, -0.15) is 0 Å². The molecule has 0 unspecified atom stereocenters. The molecule has 0 saturated carbocycles. The third-order valence-electron chi connectivity index (χ3n) is 2.34. The van der Waals surface area contributed by atoms with E-state index in [-0.39, 0.29) is 11.2 Å². The highest BCUT2D eigenvalue weighted by Crippen LogP contribution is 2.22. The lowest BCUT2D eigenvalue weighted by Crippen LogP contribution is -2.34. The molecule has 1 aromatic carbocycles. The molecule has 0 radical (unpaired) electrons. The summed E-state index contributed by atoms with van der Waals surface area (Å²) in [5.74, 6) is 0.133. The molecule has 2 nitrogen and oxygen atoms in total. The van der Waals surface area contributed by atoms with E-state index in [4.69, 9.17) is 11.6 Å². The molecule has 0 aromatic heterocycles. The van der Waals surface area contributed by atoms with E-state index >= 15 is 0 Å². The van der Waals surface area contributed by atoms with Gasteiger partial charge in [-0.05, 0) is 31.3 Å². The second kappa shape index (κ2) is 4.77. The number of halogens is 1. The van der Waals surface area contributed by atoms with Crippen LogP contribution in [0.1, 0.15) is 24.2 Å². The van der Waals surface area contributed by atoms with Gasteiger partial charge in [-0.3, -0.25) is 4.79 Å². The van der Waals surface area contributed by atoms with E-state index in [2.05, 4.69) is 5.32 Å². The molecule has 0 fully saturated rings. The Kier molecular flexibility index (Phi) is 3.89. The van der Waals surface area contributed by atoms with E-state index in [9.17, 15) is 4.79 Å². The van der Waals surface area contributed by atoms with Crippen LogP contribution in [0.4, 0.5) is 0 Å². The van der Waals surface area contributed by atoms with E-state index in [0.29, 0.717) is 17.1 Å². The van der Waals surface area contributed by atoms with Crippen molar-refractivity contribution in [3.8, 4) is 0 Å². The van der Waals surface area contributed by atoms with E-state index < -0.39 is 0 Å². The number of carbonyl (C=O) groups excluding carboxylic acids is 1. The summed E-state index contributed by atoms with van der Waals surface area (Å²) in [5, 5.41) is 3.67. The van der Waals surface area contributed by atoms with Crippen molar-refractivity contribution in [2.24, 2.45) is 5.41 Å². The fourth-order valence-corrected chi connectivity index (χ4v) is 1.64. The normalized spacial score (nSPS) is 11.5. The molecule has 0 aliphatic rings. The smallest absolute Gasteiger partial charge is 0.169 e. The van der Waals surface area contributed by atoms with Crippen molar-refractivity contribution in [3.05, 3.63) is 34.9 Å². The van der Waals surface area contributed by atoms with Crippen molar-refractivity contribution >= 4 is 17.4 Å². The van der Waals surface area contributed by atoms with Gasteiger partial charge in [-0.25, -0.2) is 0 Å². The first-order chi connectivity index (χ1) is 6.97. The topological polar surface area (TPSA) is 29.1 Å². The minimum atomic E-state index is -0.386. The highest BCUT2D eigenvalue weighted by Gasteiger charge is 2.27. The summed E-state index contributed by atoms with van der Waals surface area (Å²) in [6, 6.07) is 7.01. The first kappa shape index (κ1) is 12.2. The molecule has 0 atom stereocenters. The molecule has 0 heterocycles. The summed E-state index contributed by atoms with van der Waals surface area (Å²) in [6.07, 6.45) is 0. The lowest BCUT2D eigenvalue weighted by molar-refractivity contribution is 0.0839. The van der Waals surface area contributed by atoms with Gasteiger partial charge < -0.3 is 5.32 Å². The maximum atomic E-state index is 12.1. The minimum Gasteiger partial charge on any atom is -0.319 e. The van der Waals surface area contributed by atoms with Crippen LogP contribution in [0.25, 0.3) is 0 Å². The fraction of sp³-hybridized carbons (Fsp3) is 0.417. The molecule has 1 aromatic rings. The summed E-state index contributed by atoms with van der Waals surface area (Å²) in [7, 11) is 1.84. The number of benzene rings is 1. The van der Waals surface area contributed by atoms with Gasteiger partial charge in [-0.1, -0.05) is 25.4 Å². The Morgan fingerprint density at radius 1 is 1.33 bits per heavy atom. The van der Waals surface area contributed by atoms with Gasteiger partial charge in [0.1, 0.15) is 0 Å². The summed E-state index contributed by atoms with van der Waals surface area (Å²) in [6.45, 7) is 4.52. The third-order valence-corrected chi connectivity index (χ3v) is 2.59. The highest BCUT2D eigenvalue weighted by atomic mass is 35.5. The fourth-order valence-electron chi connectivity index (χ4n) is 1.51. The monoisotopic (exact) mass is 225 g/mol. The number of hydrogen-bond donors (Lipinski definition) is 1. The second-order valence-corrected chi connectivity index (χ2v) is 4.69. The van der Waals surface area contributed by atoms with Gasteiger partial charge in [0, 0.05) is 22.5 Å². The third kappa shape index (κ3) is 3.05. The molecular formula is C12H16ClNO. The van der Waals surface area contributed by atoms with Gasteiger partial charge in [0.2, 0.25) is 0 Å². The highest BCUT2D eigenvalue weighted by molar-refractivity contribution is 6.30. The van der Waals surface area contributed by atoms with Crippen LogP contribution in [0.3, 0.4) is 0 Å². The van der Waals surface area contributed by atoms with Gasteiger partial charge in [0.05, 0.1) is 0 Å². The van der Waals surface area contributed by atoms with Crippen molar-refractivity contribution in [1.82, 2.24) is 5.32 Å². The van der Waals surface area contributed by atoms with Crippen molar-refractivity contribution in [1.29, 1.82) is 0 Å². The van der Waals surface area contributed by atoms with Gasteiger partial charge in [-0.15, -0.1) is 0 Å². The predicted octanol–water partition coefficient (Wildman–Crippen LogP) is 2.77. The van der Waals surface area contributed by atoms with E-state index in [1.807, 2.05) is 20.9 Å². The molecule has 82 valence electrons. The van der Waals surface area contributed by atoms with Crippen LogP contribution < -0.4 is 5.32 Å². The van der Waals surface area contributed by atoms with Crippen LogP contribution in [-0.4, -0.2) is 19.4 Å². The van der Waals surface area contributed by atoms with Crippen molar-refractivity contribution in [2.45, 2.75) is 13.8 Å². The molecule has 0 amide bonds. The van der Waals surface area contributed by atoms with Crippen LogP contribution in [0.5, 0.6) is 0 Å². The molecule has 0 aliphatic heterocycles. The number of nitrogens with one attached hydrogen (secondary N) is 1. The Balaban J connectivity index is 2.89. The second-order valence-electron chi connectivity index (χ2n) is 4.25. The zero-order valence-electron chi connectivity index (χ0n) is 9.30. The molecule has 1 rings (SSSR count). The Morgan fingerprint density at radius 2 is 1.87 bits per heavy atom. The van der Waals surface area contributed by atoms with Crippen molar-refractivity contribution < 1.29 is 4.79 Å².